The van der Waals surface area contributed by atoms with E-state index in [1.807, 2.05) is 0 Å². The molecule has 0 aromatic rings. The number of carboxylic acids is 1. The summed E-state index contributed by atoms with van der Waals surface area (Å²) in [6.07, 6.45) is 3.45. The van der Waals surface area contributed by atoms with Crippen molar-refractivity contribution in [2.24, 2.45) is 0 Å². The van der Waals surface area contributed by atoms with Crippen LogP contribution in [0.1, 0.15) is 33.1 Å². The number of amides is 1. The fraction of sp³-hybridized carbons (Fsp3) is 0.692. The third kappa shape index (κ3) is 4.49. The standard InChI is InChI=1S/C13H22N2O3/c1-10(11(2)13(17)18)12(16)14-6-5-9-15-7-3-4-8-15/h3-9H2,1-2H3,(H,14,16)(H,17,18). The molecular formula is C13H22N2O3. The molecule has 0 saturated carbocycles. The van der Waals surface area contributed by atoms with E-state index < -0.39 is 5.97 Å². The zero-order chi connectivity index (χ0) is 13.5. The molecule has 5 nitrogen and oxygen atoms in total. The van der Waals surface area contributed by atoms with Crippen molar-refractivity contribution in [2.45, 2.75) is 33.1 Å². The number of carbonyl (C=O) groups excluding carboxylic acids is 1. The van der Waals surface area contributed by atoms with Gasteiger partial charge in [-0.3, -0.25) is 4.79 Å². The molecule has 1 aliphatic rings. The second-order valence-electron chi connectivity index (χ2n) is 4.71. The Morgan fingerprint density at radius 2 is 1.78 bits per heavy atom. The smallest absolute Gasteiger partial charge is 0.331 e. The fourth-order valence-electron chi connectivity index (χ4n) is 1.97. The van der Waals surface area contributed by atoms with Crippen molar-refractivity contribution in [2.75, 3.05) is 26.2 Å². The first-order valence-corrected chi connectivity index (χ1v) is 6.43. The molecule has 102 valence electrons. The van der Waals surface area contributed by atoms with Gasteiger partial charge in [0, 0.05) is 17.7 Å². The molecule has 0 unspecified atom stereocenters. The van der Waals surface area contributed by atoms with E-state index in [0.717, 1.165) is 26.1 Å². The molecule has 1 rings (SSSR count). The fourth-order valence-corrected chi connectivity index (χ4v) is 1.97. The molecule has 1 fully saturated rings. The zero-order valence-corrected chi connectivity index (χ0v) is 11.2. The van der Waals surface area contributed by atoms with E-state index in [9.17, 15) is 9.59 Å². The Labute approximate surface area is 108 Å². The summed E-state index contributed by atoms with van der Waals surface area (Å²) in [5, 5.41) is 11.5. The largest absolute Gasteiger partial charge is 0.478 e. The number of likely N-dealkylation sites (tertiary alicyclic amines) is 1. The normalized spacial score (nSPS) is 17.4. The lowest BCUT2D eigenvalue weighted by Crippen LogP contribution is -2.29. The second kappa shape index (κ2) is 7.16. The molecule has 1 saturated heterocycles. The van der Waals surface area contributed by atoms with Crippen LogP contribution in [-0.2, 0) is 9.59 Å². The first-order chi connectivity index (χ1) is 8.52. The van der Waals surface area contributed by atoms with Crippen LogP contribution in [0, 0.1) is 0 Å². The SMILES string of the molecule is CC(C(=O)O)=C(C)C(=O)NCCCN1CCCC1. The average molecular weight is 254 g/mol. The van der Waals surface area contributed by atoms with Crippen molar-refractivity contribution >= 4 is 11.9 Å². The summed E-state index contributed by atoms with van der Waals surface area (Å²) >= 11 is 0. The number of hydrogen-bond donors (Lipinski definition) is 2. The third-order valence-corrected chi connectivity index (χ3v) is 3.36. The zero-order valence-electron chi connectivity index (χ0n) is 11.2. The Bertz CT molecular complexity index is 344. The number of nitrogens with zero attached hydrogens (tertiary/aromatic N) is 1. The van der Waals surface area contributed by atoms with Gasteiger partial charge in [-0.1, -0.05) is 0 Å². The number of hydrogen-bond acceptors (Lipinski definition) is 3. The minimum Gasteiger partial charge on any atom is -0.478 e. The van der Waals surface area contributed by atoms with Crippen molar-refractivity contribution in [3.05, 3.63) is 11.1 Å². The Kier molecular flexibility index (Phi) is 5.85. The van der Waals surface area contributed by atoms with Gasteiger partial charge in [-0.15, -0.1) is 0 Å². The van der Waals surface area contributed by atoms with Crippen LogP contribution in [0.3, 0.4) is 0 Å². The van der Waals surface area contributed by atoms with Crippen LogP contribution in [0.4, 0.5) is 0 Å². The molecule has 0 spiro atoms. The Balaban J connectivity index is 2.24. The molecule has 1 heterocycles. The Hall–Kier alpha value is -1.36. The minimum atomic E-state index is -1.04. The second-order valence-corrected chi connectivity index (χ2v) is 4.71. The maximum absolute atomic E-state index is 11.6. The lowest BCUT2D eigenvalue weighted by atomic mass is 10.1. The Morgan fingerprint density at radius 1 is 1.17 bits per heavy atom. The molecule has 0 aromatic heterocycles. The van der Waals surface area contributed by atoms with Crippen molar-refractivity contribution in [3.8, 4) is 0 Å². The summed E-state index contributed by atoms with van der Waals surface area (Å²) in [7, 11) is 0. The van der Waals surface area contributed by atoms with Crippen LogP contribution >= 0.6 is 0 Å². The third-order valence-electron chi connectivity index (χ3n) is 3.36. The van der Waals surface area contributed by atoms with E-state index in [1.165, 1.54) is 19.8 Å². The van der Waals surface area contributed by atoms with Crippen molar-refractivity contribution in [1.82, 2.24) is 10.2 Å². The van der Waals surface area contributed by atoms with Gasteiger partial charge in [-0.2, -0.15) is 0 Å². The van der Waals surface area contributed by atoms with Gasteiger partial charge in [0.25, 0.3) is 0 Å². The van der Waals surface area contributed by atoms with Gasteiger partial charge in [0.1, 0.15) is 0 Å². The van der Waals surface area contributed by atoms with Crippen LogP contribution in [0.5, 0.6) is 0 Å². The van der Waals surface area contributed by atoms with E-state index >= 15 is 0 Å². The monoisotopic (exact) mass is 254 g/mol. The van der Waals surface area contributed by atoms with Crippen molar-refractivity contribution in [3.63, 3.8) is 0 Å². The summed E-state index contributed by atoms with van der Waals surface area (Å²) < 4.78 is 0. The molecule has 0 aromatic carbocycles. The molecule has 0 aliphatic carbocycles. The van der Waals surface area contributed by atoms with Crippen LogP contribution in [0.15, 0.2) is 11.1 Å². The summed E-state index contributed by atoms with van der Waals surface area (Å²) in [6, 6.07) is 0. The topological polar surface area (TPSA) is 69.6 Å². The highest BCUT2D eigenvalue weighted by molar-refractivity contribution is 6.01. The van der Waals surface area contributed by atoms with Gasteiger partial charge in [0.05, 0.1) is 0 Å². The molecule has 2 N–H and O–H groups in total. The number of aliphatic carboxylic acids is 1. The molecular weight excluding hydrogens is 232 g/mol. The quantitative estimate of drug-likeness (QED) is 0.548. The molecule has 0 bridgehead atoms. The highest BCUT2D eigenvalue weighted by Gasteiger charge is 2.13. The van der Waals surface area contributed by atoms with Crippen molar-refractivity contribution in [1.29, 1.82) is 0 Å². The van der Waals surface area contributed by atoms with Crippen LogP contribution in [-0.4, -0.2) is 48.1 Å². The molecule has 0 radical (unpaired) electrons. The van der Waals surface area contributed by atoms with Gasteiger partial charge in [-0.05, 0) is 52.7 Å². The lowest BCUT2D eigenvalue weighted by molar-refractivity contribution is -0.133. The first kappa shape index (κ1) is 14.7. The number of nitrogens with one attached hydrogen (secondary N) is 1. The number of carbonyl (C=O) groups is 2. The molecule has 5 heteroatoms. The predicted octanol–water partition coefficient (Wildman–Crippen LogP) is 1.01. The lowest BCUT2D eigenvalue weighted by Gasteiger charge is -2.14. The van der Waals surface area contributed by atoms with E-state index in [4.69, 9.17) is 5.11 Å². The van der Waals surface area contributed by atoms with Gasteiger partial charge in [0.15, 0.2) is 0 Å². The van der Waals surface area contributed by atoms with Crippen LogP contribution in [0.2, 0.25) is 0 Å². The van der Waals surface area contributed by atoms with Crippen molar-refractivity contribution < 1.29 is 14.7 Å². The highest BCUT2D eigenvalue weighted by atomic mass is 16.4. The van der Waals surface area contributed by atoms with E-state index in [-0.39, 0.29) is 17.1 Å². The minimum absolute atomic E-state index is 0.104. The summed E-state index contributed by atoms with van der Waals surface area (Å²) in [6.45, 7) is 6.90. The highest BCUT2D eigenvalue weighted by Crippen LogP contribution is 2.07. The molecule has 18 heavy (non-hydrogen) atoms. The summed E-state index contributed by atoms with van der Waals surface area (Å²) in [5.74, 6) is -1.32. The predicted molar refractivity (Wildman–Crippen MR) is 69.3 cm³/mol. The van der Waals surface area contributed by atoms with Gasteiger partial charge in [0.2, 0.25) is 5.91 Å². The number of rotatable bonds is 6. The molecule has 1 amide bonds. The van der Waals surface area contributed by atoms with E-state index in [1.54, 1.807) is 6.92 Å². The van der Waals surface area contributed by atoms with Crippen LogP contribution in [0.25, 0.3) is 0 Å². The maximum atomic E-state index is 11.6. The van der Waals surface area contributed by atoms with E-state index in [0.29, 0.717) is 6.54 Å². The summed E-state index contributed by atoms with van der Waals surface area (Å²) in [5.41, 5.74) is 0.385. The van der Waals surface area contributed by atoms with Gasteiger partial charge >= 0.3 is 5.97 Å². The Morgan fingerprint density at radius 3 is 2.33 bits per heavy atom. The molecule has 0 atom stereocenters. The summed E-state index contributed by atoms with van der Waals surface area (Å²) in [4.78, 5) is 24.7. The molecule has 1 aliphatic heterocycles. The van der Waals surface area contributed by atoms with E-state index in [2.05, 4.69) is 10.2 Å². The van der Waals surface area contributed by atoms with Gasteiger partial charge < -0.3 is 15.3 Å². The average Bonchev–Trinajstić information content (AvgIpc) is 2.85. The van der Waals surface area contributed by atoms with Crippen LogP contribution < -0.4 is 5.32 Å². The first-order valence-electron chi connectivity index (χ1n) is 6.43. The van der Waals surface area contributed by atoms with Gasteiger partial charge in [-0.25, -0.2) is 4.79 Å². The number of carboxylic acid groups (broad SMARTS) is 1. The maximum Gasteiger partial charge on any atom is 0.331 e.